The molecule has 3 heterocycles. The molecule has 0 spiro atoms. The van der Waals surface area contributed by atoms with Gasteiger partial charge in [-0.2, -0.15) is 10.2 Å². The lowest BCUT2D eigenvalue weighted by atomic mass is 10.1. The molecule has 0 fully saturated rings. The first-order chi connectivity index (χ1) is 14.9. The van der Waals surface area contributed by atoms with Crippen LogP contribution < -0.4 is 5.32 Å². The Hall–Kier alpha value is -3.48. The van der Waals surface area contributed by atoms with Gasteiger partial charge in [0.1, 0.15) is 0 Å². The largest absolute Gasteiger partial charge is 0.352 e. The third-order valence-corrected chi connectivity index (χ3v) is 5.31. The van der Waals surface area contributed by atoms with E-state index in [1.807, 2.05) is 59.6 Å². The number of nitrogens with one attached hydrogen (secondary N) is 1. The third-order valence-electron chi connectivity index (χ3n) is 5.31. The normalized spacial score (nSPS) is 11.4. The molecule has 7 heteroatoms. The number of pyridine rings is 1. The van der Waals surface area contributed by atoms with Crippen molar-refractivity contribution in [1.29, 1.82) is 0 Å². The zero-order valence-electron chi connectivity index (χ0n) is 18.5. The Balaban J connectivity index is 1.58. The maximum absolute atomic E-state index is 13.1. The van der Waals surface area contributed by atoms with Crippen molar-refractivity contribution in [2.24, 2.45) is 0 Å². The molecular formula is C24H28N6O. The fourth-order valence-corrected chi connectivity index (χ4v) is 3.77. The summed E-state index contributed by atoms with van der Waals surface area (Å²) in [6.45, 7) is 9.49. The second-order valence-electron chi connectivity index (χ2n) is 8.10. The van der Waals surface area contributed by atoms with E-state index in [2.05, 4.69) is 35.4 Å². The molecule has 1 amide bonds. The summed E-state index contributed by atoms with van der Waals surface area (Å²) in [5, 5.41) is 12.8. The minimum absolute atomic E-state index is 0.110. The maximum atomic E-state index is 13.1. The van der Waals surface area contributed by atoms with Gasteiger partial charge >= 0.3 is 0 Å². The Morgan fingerprint density at radius 1 is 1.13 bits per heavy atom. The first-order valence-corrected chi connectivity index (χ1v) is 10.7. The van der Waals surface area contributed by atoms with Gasteiger partial charge in [-0.15, -0.1) is 0 Å². The lowest BCUT2D eigenvalue weighted by Crippen LogP contribution is -2.26. The Morgan fingerprint density at radius 3 is 2.58 bits per heavy atom. The fourth-order valence-electron chi connectivity index (χ4n) is 3.77. The SMILES string of the molecule is Cc1cc(C)n(CCCNC(=O)c2cc(-c3ccccc3)nc3c2cnn3C(C)C)n1. The van der Waals surface area contributed by atoms with Crippen LogP contribution in [0.5, 0.6) is 0 Å². The van der Waals surface area contributed by atoms with Gasteiger partial charge in [0.05, 0.1) is 28.5 Å². The predicted molar refractivity (Wildman–Crippen MR) is 122 cm³/mol. The van der Waals surface area contributed by atoms with Gasteiger partial charge in [0, 0.05) is 30.4 Å². The van der Waals surface area contributed by atoms with E-state index >= 15 is 0 Å². The molecule has 0 saturated heterocycles. The molecular weight excluding hydrogens is 388 g/mol. The molecule has 160 valence electrons. The molecule has 0 aliphatic rings. The van der Waals surface area contributed by atoms with Crippen molar-refractivity contribution in [3.8, 4) is 11.3 Å². The first-order valence-electron chi connectivity index (χ1n) is 10.7. The fraction of sp³-hybridized carbons (Fsp3) is 0.333. The quantitative estimate of drug-likeness (QED) is 0.455. The minimum Gasteiger partial charge on any atom is -0.352 e. The van der Waals surface area contributed by atoms with Crippen molar-refractivity contribution in [2.75, 3.05) is 6.54 Å². The predicted octanol–water partition coefficient (Wildman–Crippen LogP) is 4.31. The number of fused-ring (bicyclic) bond motifs is 1. The second-order valence-corrected chi connectivity index (χ2v) is 8.10. The average molecular weight is 417 g/mol. The topological polar surface area (TPSA) is 77.6 Å². The molecule has 1 aromatic carbocycles. The minimum atomic E-state index is -0.110. The first kappa shape index (κ1) is 20.8. The third kappa shape index (κ3) is 4.35. The van der Waals surface area contributed by atoms with E-state index < -0.39 is 0 Å². The van der Waals surface area contributed by atoms with Crippen LogP contribution in [0.4, 0.5) is 0 Å². The number of aromatic nitrogens is 5. The van der Waals surface area contributed by atoms with Crippen molar-refractivity contribution in [1.82, 2.24) is 29.9 Å². The van der Waals surface area contributed by atoms with Crippen molar-refractivity contribution in [3.63, 3.8) is 0 Å². The highest BCUT2D eigenvalue weighted by Crippen LogP contribution is 2.26. The summed E-state index contributed by atoms with van der Waals surface area (Å²) in [6, 6.07) is 14.0. The van der Waals surface area contributed by atoms with Gasteiger partial charge in [-0.3, -0.25) is 9.48 Å². The zero-order chi connectivity index (χ0) is 22.0. The van der Waals surface area contributed by atoms with Gasteiger partial charge in [0.25, 0.3) is 5.91 Å². The Kier molecular flexibility index (Phi) is 5.84. The van der Waals surface area contributed by atoms with E-state index in [1.54, 1.807) is 6.20 Å². The number of hydrogen-bond donors (Lipinski definition) is 1. The molecule has 4 aromatic rings. The van der Waals surface area contributed by atoms with Crippen molar-refractivity contribution in [2.45, 2.75) is 46.7 Å². The molecule has 4 rings (SSSR count). The van der Waals surface area contributed by atoms with E-state index in [4.69, 9.17) is 4.98 Å². The summed E-state index contributed by atoms with van der Waals surface area (Å²) in [4.78, 5) is 17.9. The van der Waals surface area contributed by atoms with Crippen LogP contribution >= 0.6 is 0 Å². The number of rotatable bonds is 7. The van der Waals surface area contributed by atoms with Crippen LogP contribution in [0.2, 0.25) is 0 Å². The summed E-state index contributed by atoms with van der Waals surface area (Å²) < 4.78 is 3.84. The van der Waals surface area contributed by atoms with E-state index in [9.17, 15) is 4.79 Å². The van der Waals surface area contributed by atoms with Gasteiger partial charge < -0.3 is 5.32 Å². The molecule has 0 unspecified atom stereocenters. The van der Waals surface area contributed by atoms with Crippen LogP contribution in [-0.4, -0.2) is 37.0 Å². The highest BCUT2D eigenvalue weighted by molar-refractivity contribution is 6.06. The number of aryl methyl sites for hydroxylation is 3. The lowest BCUT2D eigenvalue weighted by molar-refractivity contribution is 0.0954. The summed E-state index contributed by atoms with van der Waals surface area (Å²) in [6.07, 6.45) is 2.54. The standard InChI is InChI=1S/C24H28N6O/c1-16(2)30-23-21(15-26-30)20(14-22(27-23)19-9-6-5-7-10-19)24(31)25-11-8-12-29-18(4)13-17(3)28-29/h5-7,9-10,13-16H,8,11-12H2,1-4H3,(H,25,31). The van der Waals surface area contributed by atoms with E-state index in [1.165, 1.54) is 0 Å². The molecule has 0 atom stereocenters. The summed E-state index contributed by atoms with van der Waals surface area (Å²) >= 11 is 0. The molecule has 0 aliphatic carbocycles. The highest BCUT2D eigenvalue weighted by Gasteiger charge is 2.18. The zero-order valence-corrected chi connectivity index (χ0v) is 18.5. The molecule has 0 aliphatic heterocycles. The van der Waals surface area contributed by atoms with Crippen molar-refractivity contribution >= 4 is 16.9 Å². The molecule has 0 bridgehead atoms. The van der Waals surface area contributed by atoms with Gasteiger partial charge in [-0.05, 0) is 46.2 Å². The highest BCUT2D eigenvalue weighted by atomic mass is 16.1. The number of carbonyl (C=O) groups excluding carboxylic acids is 1. The number of carbonyl (C=O) groups is 1. The number of benzene rings is 1. The summed E-state index contributed by atoms with van der Waals surface area (Å²) in [5.41, 5.74) is 5.21. The number of nitrogens with zero attached hydrogens (tertiary/aromatic N) is 5. The maximum Gasteiger partial charge on any atom is 0.252 e. The molecule has 1 N–H and O–H groups in total. The van der Waals surface area contributed by atoms with Crippen LogP contribution in [0.15, 0.2) is 48.7 Å². The summed E-state index contributed by atoms with van der Waals surface area (Å²) in [7, 11) is 0. The van der Waals surface area contributed by atoms with Gasteiger partial charge in [-0.25, -0.2) is 9.67 Å². The van der Waals surface area contributed by atoms with Crippen LogP contribution in [0.25, 0.3) is 22.3 Å². The lowest BCUT2D eigenvalue weighted by Gasteiger charge is -2.11. The number of amides is 1. The second kappa shape index (κ2) is 8.71. The van der Waals surface area contributed by atoms with Crippen LogP contribution in [0, 0.1) is 13.8 Å². The van der Waals surface area contributed by atoms with Crippen LogP contribution in [0.1, 0.15) is 48.1 Å². The molecule has 3 aromatic heterocycles. The van der Waals surface area contributed by atoms with E-state index in [0.717, 1.165) is 46.6 Å². The van der Waals surface area contributed by atoms with Crippen molar-refractivity contribution < 1.29 is 4.79 Å². The van der Waals surface area contributed by atoms with Gasteiger partial charge in [0.2, 0.25) is 0 Å². The van der Waals surface area contributed by atoms with Crippen molar-refractivity contribution in [3.05, 3.63) is 65.6 Å². The Labute approximate surface area is 182 Å². The average Bonchev–Trinajstić information content (AvgIpc) is 3.33. The molecule has 31 heavy (non-hydrogen) atoms. The Morgan fingerprint density at radius 2 is 1.90 bits per heavy atom. The van der Waals surface area contributed by atoms with Gasteiger partial charge in [0.15, 0.2) is 5.65 Å². The monoisotopic (exact) mass is 416 g/mol. The Bertz CT molecular complexity index is 1210. The van der Waals surface area contributed by atoms with E-state index in [-0.39, 0.29) is 11.9 Å². The van der Waals surface area contributed by atoms with Gasteiger partial charge in [-0.1, -0.05) is 30.3 Å². The molecule has 0 radical (unpaired) electrons. The van der Waals surface area contributed by atoms with Crippen LogP contribution in [0.3, 0.4) is 0 Å². The smallest absolute Gasteiger partial charge is 0.252 e. The number of hydrogen-bond acceptors (Lipinski definition) is 4. The van der Waals surface area contributed by atoms with E-state index in [0.29, 0.717) is 12.1 Å². The summed E-state index contributed by atoms with van der Waals surface area (Å²) in [5.74, 6) is -0.110. The van der Waals surface area contributed by atoms with Crippen LogP contribution in [-0.2, 0) is 6.54 Å². The molecule has 0 saturated carbocycles. The molecule has 7 nitrogen and oxygen atoms in total.